The molecule has 0 aliphatic heterocycles. The number of carboxylic acid groups (broad SMARTS) is 1. The van der Waals surface area contributed by atoms with E-state index in [-0.39, 0.29) is 17.5 Å². The summed E-state index contributed by atoms with van der Waals surface area (Å²) in [5, 5.41) is 11.7. The predicted molar refractivity (Wildman–Crippen MR) is 80.7 cm³/mol. The number of hydrogen-bond acceptors (Lipinski definition) is 3. The van der Waals surface area contributed by atoms with Crippen LogP contribution in [0.25, 0.3) is 0 Å². The van der Waals surface area contributed by atoms with Crippen LogP contribution in [0.5, 0.6) is 0 Å². The quantitative estimate of drug-likeness (QED) is 0.781. The molecule has 0 saturated carbocycles. The number of carbonyl (C=O) groups excluding carboxylic acids is 1. The molecule has 0 radical (unpaired) electrons. The van der Waals surface area contributed by atoms with E-state index < -0.39 is 17.9 Å². The minimum Gasteiger partial charge on any atom is -0.481 e. The second-order valence-electron chi connectivity index (χ2n) is 4.92. The number of carboxylic acids is 1. The zero-order valence-electron chi connectivity index (χ0n) is 12.0. The van der Waals surface area contributed by atoms with Gasteiger partial charge in [0.1, 0.15) is 5.69 Å². The Balaban J connectivity index is 2.27. The Morgan fingerprint density at radius 3 is 2.64 bits per heavy atom. The van der Waals surface area contributed by atoms with Crippen molar-refractivity contribution in [2.24, 2.45) is 0 Å². The van der Waals surface area contributed by atoms with Crippen LogP contribution in [0.4, 0.5) is 0 Å². The highest BCUT2D eigenvalue weighted by Gasteiger charge is 2.20. The molecule has 1 atom stereocenters. The molecule has 0 spiro atoms. The Morgan fingerprint density at radius 2 is 2.00 bits per heavy atom. The molecule has 0 aliphatic rings. The van der Waals surface area contributed by atoms with E-state index in [1.54, 1.807) is 12.1 Å². The predicted octanol–water partition coefficient (Wildman–Crippen LogP) is 1.63. The van der Waals surface area contributed by atoms with Crippen LogP contribution >= 0.6 is 0 Å². The highest BCUT2D eigenvalue weighted by atomic mass is 16.4. The first kappa shape index (κ1) is 15.5. The summed E-state index contributed by atoms with van der Waals surface area (Å²) >= 11 is 0. The number of pyridine rings is 1. The Hall–Kier alpha value is -2.89. The van der Waals surface area contributed by atoms with Gasteiger partial charge in [0.25, 0.3) is 5.91 Å². The number of H-pyrrole nitrogens is 1. The summed E-state index contributed by atoms with van der Waals surface area (Å²) < 4.78 is 0. The van der Waals surface area contributed by atoms with Crippen LogP contribution in [0.3, 0.4) is 0 Å². The van der Waals surface area contributed by atoms with Gasteiger partial charge in [0.15, 0.2) is 5.43 Å². The van der Waals surface area contributed by atoms with Gasteiger partial charge >= 0.3 is 5.97 Å². The lowest BCUT2D eigenvalue weighted by atomic mass is 9.98. The summed E-state index contributed by atoms with van der Waals surface area (Å²) in [5.74, 6) is -1.54. The first-order valence-electron chi connectivity index (χ1n) is 6.74. The first-order chi connectivity index (χ1) is 10.5. The Kier molecular flexibility index (Phi) is 4.73. The number of aryl methyl sites for hydroxylation is 1. The number of benzene rings is 1. The van der Waals surface area contributed by atoms with Gasteiger partial charge in [0.2, 0.25) is 0 Å². The molecule has 1 heterocycles. The van der Waals surface area contributed by atoms with Crippen molar-refractivity contribution in [1.29, 1.82) is 0 Å². The molecule has 0 unspecified atom stereocenters. The van der Waals surface area contributed by atoms with Crippen molar-refractivity contribution >= 4 is 11.9 Å². The fourth-order valence-corrected chi connectivity index (χ4v) is 2.20. The molecular formula is C16H16N2O4. The smallest absolute Gasteiger partial charge is 0.305 e. The van der Waals surface area contributed by atoms with Gasteiger partial charge in [-0.05, 0) is 18.1 Å². The summed E-state index contributed by atoms with van der Waals surface area (Å²) in [6.45, 7) is 1.85. The van der Waals surface area contributed by atoms with E-state index in [9.17, 15) is 14.4 Å². The summed E-state index contributed by atoms with van der Waals surface area (Å²) in [5.41, 5.74) is 1.41. The first-order valence-corrected chi connectivity index (χ1v) is 6.74. The van der Waals surface area contributed by atoms with Crippen LogP contribution in [0.15, 0.2) is 47.4 Å². The van der Waals surface area contributed by atoms with Gasteiger partial charge in [-0.15, -0.1) is 0 Å². The molecule has 6 nitrogen and oxygen atoms in total. The lowest BCUT2D eigenvalue weighted by Crippen LogP contribution is -2.31. The standard InChI is InChI=1S/C16H16N2O4/c1-10-4-2-3-5-12(10)13(9-15(20)21)18-16(22)14-8-11(19)6-7-17-14/h2-8,13H,9H2,1H3,(H,17,19)(H,18,22)(H,20,21)/t13-/m0/s1. The third-order valence-electron chi connectivity index (χ3n) is 3.27. The normalized spacial score (nSPS) is 11.7. The number of carbonyl (C=O) groups is 2. The summed E-state index contributed by atoms with van der Waals surface area (Å²) in [4.78, 5) is 37.2. The molecule has 0 aliphatic carbocycles. The van der Waals surface area contributed by atoms with Crippen LogP contribution < -0.4 is 10.7 Å². The zero-order chi connectivity index (χ0) is 16.1. The van der Waals surface area contributed by atoms with E-state index in [1.165, 1.54) is 18.3 Å². The van der Waals surface area contributed by atoms with Crippen LogP contribution in [-0.4, -0.2) is 22.0 Å². The van der Waals surface area contributed by atoms with Gasteiger partial charge in [-0.1, -0.05) is 24.3 Å². The van der Waals surface area contributed by atoms with Gasteiger partial charge in [-0.3, -0.25) is 14.4 Å². The number of rotatable bonds is 5. The summed E-state index contributed by atoms with van der Waals surface area (Å²) in [7, 11) is 0. The molecule has 6 heteroatoms. The third kappa shape index (κ3) is 3.82. The average molecular weight is 300 g/mol. The average Bonchev–Trinajstić information content (AvgIpc) is 2.46. The number of hydrogen-bond donors (Lipinski definition) is 3. The monoisotopic (exact) mass is 300 g/mol. The number of aromatic amines is 1. The van der Waals surface area contributed by atoms with E-state index in [0.717, 1.165) is 11.1 Å². The van der Waals surface area contributed by atoms with Crippen molar-refractivity contribution in [2.75, 3.05) is 0 Å². The molecule has 0 saturated heterocycles. The van der Waals surface area contributed by atoms with Crippen molar-refractivity contribution in [3.8, 4) is 0 Å². The maximum atomic E-state index is 12.2. The summed E-state index contributed by atoms with van der Waals surface area (Å²) in [6, 6.07) is 9.05. The van der Waals surface area contributed by atoms with E-state index in [0.29, 0.717) is 0 Å². The molecule has 0 fully saturated rings. The van der Waals surface area contributed by atoms with Gasteiger partial charge in [0.05, 0.1) is 12.5 Å². The van der Waals surface area contributed by atoms with Crippen molar-refractivity contribution in [3.63, 3.8) is 0 Å². The van der Waals surface area contributed by atoms with Gasteiger partial charge in [-0.25, -0.2) is 0 Å². The summed E-state index contributed by atoms with van der Waals surface area (Å²) in [6.07, 6.45) is 1.13. The Labute approximate surface area is 126 Å². The number of aliphatic carboxylic acids is 1. The third-order valence-corrected chi connectivity index (χ3v) is 3.27. The zero-order valence-corrected chi connectivity index (χ0v) is 12.0. The van der Waals surface area contributed by atoms with Gasteiger partial charge in [0, 0.05) is 18.3 Å². The van der Waals surface area contributed by atoms with Crippen LogP contribution in [0.1, 0.15) is 34.1 Å². The molecule has 1 amide bonds. The van der Waals surface area contributed by atoms with Crippen molar-refractivity contribution in [3.05, 3.63) is 69.6 Å². The van der Waals surface area contributed by atoms with E-state index >= 15 is 0 Å². The van der Waals surface area contributed by atoms with E-state index in [2.05, 4.69) is 10.3 Å². The Morgan fingerprint density at radius 1 is 1.27 bits per heavy atom. The molecule has 2 rings (SSSR count). The number of aromatic nitrogens is 1. The number of amides is 1. The SMILES string of the molecule is Cc1ccccc1[C@H](CC(=O)O)NC(=O)c1cc(=O)cc[nH]1. The highest BCUT2D eigenvalue weighted by molar-refractivity contribution is 5.92. The second-order valence-corrected chi connectivity index (χ2v) is 4.92. The van der Waals surface area contributed by atoms with Crippen LogP contribution in [0, 0.1) is 6.92 Å². The van der Waals surface area contributed by atoms with E-state index in [4.69, 9.17) is 5.11 Å². The minimum atomic E-state index is -1.02. The van der Waals surface area contributed by atoms with Gasteiger partial charge < -0.3 is 15.4 Å². The molecular weight excluding hydrogens is 284 g/mol. The van der Waals surface area contributed by atoms with Crippen molar-refractivity contribution in [1.82, 2.24) is 10.3 Å². The topological polar surface area (TPSA) is 99.3 Å². The lowest BCUT2D eigenvalue weighted by Gasteiger charge is -2.19. The molecule has 1 aromatic carbocycles. The maximum absolute atomic E-state index is 12.2. The van der Waals surface area contributed by atoms with Crippen molar-refractivity contribution < 1.29 is 14.7 Å². The van der Waals surface area contributed by atoms with E-state index in [1.807, 2.05) is 19.1 Å². The van der Waals surface area contributed by atoms with Crippen LogP contribution in [-0.2, 0) is 4.79 Å². The molecule has 1 aromatic heterocycles. The van der Waals surface area contributed by atoms with Crippen LogP contribution in [0.2, 0.25) is 0 Å². The van der Waals surface area contributed by atoms with Gasteiger partial charge in [-0.2, -0.15) is 0 Å². The second kappa shape index (κ2) is 6.71. The largest absolute Gasteiger partial charge is 0.481 e. The molecule has 2 aromatic rings. The Bertz CT molecular complexity index is 752. The molecule has 22 heavy (non-hydrogen) atoms. The fraction of sp³-hybridized carbons (Fsp3) is 0.188. The fourth-order valence-electron chi connectivity index (χ4n) is 2.20. The lowest BCUT2D eigenvalue weighted by molar-refractivity contribution is -0.137. The molecule has 0 bridgehead atoms. The maximum Gasteiger partial charge on any atom is 0.305 e. The highest BCUT2D eigenvalue weighted by Crippen LogP contribution is 2.21. The minimum absolute atomic E-state index is 0.0940. The molecule has 3 N–H and O–H groups in total. The number of nitrogens with one attached hydrogen (secondary N) is 2. The molecule has 114 valence electrons. The van der Waals surface area contributed by atoms with Crippen molar-refractivity contribution in [2.45, 2.75) is 19.4 Å².